The second-order valence-corrected chi connectivity index (χ2v) is 8.40. The summed E-state index contributed by atoms with van der Waals surface area (Å²) in [6, 6.07) is 4.30. The summed E-state index contributed by atoms with van der Waals surface area (Å²) >= 11 is 0. The Morgan fingerprint density at radius 1 is 0.840 bits per heavy atom. The number of hydrogen-bond acceptors (Lipinski definition) is 2. The van der Waals surface area contributed by atoms with Crippen LogP contribution in [0.25, 0.3) is 0 Å². The van der Waals surface area contributed by atoms with Crippen LogP contribution in [0.5, 0.6) is 0 Å². The fraction of sp³-hybridized carbons (Fsp3) is 0.524. The molecule has 4 nitrogen and oxygen atoms in total. The minimum absolute atomic E-state index is 0.0415. The smallest absolute Gasteiger partial charge is 0.148 e. The van der Waals surface area contributed by atoms with E-state index in [-0.39, 0.29) is 11.6 Å². The first kappa shape index (κ1) is 17.7. The maximum absolute atomic E-state index is 4.85. The predicted octanol–water partition coefficient (Wildman–Crippen LogP) is 4.76. The minimum Gasteiger partial charge on any atom is -0.245 e. The molecule has 0 aromatic carbocycles. The van der Waals surface area contributed by atoms with Crippen LogP contribution in [-0.4, -0.2) is 19.6 Å². The third-order valence-electron chi connectivity index (χ3n) is 5.10. The highest BCUT2D eigenvalue weighted by atomic mass is 15.5. The maximum Gasteiger partial charge on any atom is 0.148 e. The van der Waals surface area contributed by atoms with Crippen molar-refractivity contribution in [1.29, 1.82) is 0 Å². The summed E-state index contributed by atoms with van der Waals surface area (Å²) in [6.07, 6.45) is 8.96. The van der Waals surface area contributed by atoms with E-state index in [1.54, 1.807) is 0 Å². The highest BCUT2D eigenvalue weighted by molar-refractivity contribution is 5.21. The monoisotopic (exact) mass is 338 g/mol. The molecule has 0 fully saturated rings. The molecule has 0 saturated heterocycles. The molecule has 2 aromatic rings. The normalized spacial score (nSPS) is 16.3. The van der Waals surface area contributed by atoms with Gasteiger partial charge in [-0.05, 0) is 45.2 Å². The number of nitrogens with zero attached hydrogens (tertiary/aromatic N) is 4. The fourth-order valence-corrected chi connectivity index (χ4v) is 4.15. The van der Waals surface area contributed by atoms with E-state index in [1.807, 2.05) is 0 Å². The van der Waals surface area contributed by atoms with Gasteiger partial charge in [0.25, 0.3) is 0 Å². The number of aromatic nitrogens is 4. The van der Waals surface area contributed by atoms with Crippen LogP contribution in [-0.2, 0) is 0 Å². The van der Waals surface area contributed by atoms with E-state index >= 15 is 0 Å². The molecule has 0 bridgehead atoms. The molecule has 1 unspecified atom stereocenters. The van der Waals surface area contributed by atoms with Gasteiger partial charge in [0, 0.05) is 23.2 Å². The third-order valence-corrected chi connectivity index (χ3v) is 5.10. The lowest BCUT2D eigenvalue weighted by Crippen LogP contribution is -2.40. The van der Waals surface area contributed by atoms with Crippen molar-refractivity contribution >= 4 is 0 Å². The molecule has 3 rings (SSSR count). The van der Waals surface area contributed by atoms with Crippen LogP contribution in [0.1, 0.15) is 49.7 Å². The van der Waals surface area contributed by atoms with E-state index in [0.29, 0.717) is 11.8 Å². The van der Waals surface area contributed by atoms with Crippen LogP contribution < -0.4 is 0 Å². The number of rotatable bonds is 4. The zero-order chi connectivity index (χ0) is 18.4. The van der Waals surface area contributed by atoms with Gasteiger partial charge in [-0.1, -0.05) is 45.1 Å². The summed E-state index contributed by atoms with van der Waals surface area (Å²) in [4.78, 5) is 0. The molecule has 0 aliphatic heterocycles. The fourth-order valence-electron chi connectivity index (χ4n) is 4.15. The van der Waals surface area contributed by atoms with Crippen LogP contribution in [0.3, 0.4) is 0 Å². The van der Waals surface area contributed by atoms with Gasteiger partial charge in [-0.25, -0.2) is 9.36 Å². The topological polar surface area (TPSA) is 35.6 Å². The van der Waals surface area contributed by atoms with Crippen molar-refractivity contribution in [3.63, 3.8) is 0 Å². The van der Waals surface area contributed by atoms with Crippen LogP contribution >= 0.6 is 0 Å². The van der Waals surface area contributed by atoms with Gasteiger partial charge >= 0.3 is 0 Å². The molecular formula is C21H30N4. The van der Waals surface area contributed by atoms with Gasteiger partial charge in [-0.2, -0.15) is 10.2 Å². The van der Waals surface area contributed by atoms with Crippen molar-refractivity contribution in [1.82, 2.24) is 19.6 Å². The summed E-state index contributed by atoms with van der Waals surface area (Å²) in [5.74, 6) is 0.705. The zero-order valence-corrected chi connectivity index (χ0v) is 16.5. The van der Waals surface area contributed by atoms with Crippen molar-refractivity contribution in [2.75, 3.05) is 0 Å². The Bertz CT molecular complexity index is 755. The van der Waals surface area contributed by atoms with Gasteiger partial charge in [-0.15, -0.1) is 0 Å². The highest BCUT2D eigenvalue weighted by Gasteiger charge is 2.40. The number of hydrogen-bond donors (Lipinski definition) is 0. The summed E-state index contributed by atoms with van der Waals surface area (Å²) < 4.78 is 4.34. The van der Waals surface area contributed by atoms with Crippen molar-refractivity contribution in [2.24, 2.45) is 17.3 Å². The van der Waals surface area contributed by atoms with Crippen LogP contribution in [0, 0.1) is 44.9 Å². The van der Waals surface area contributed by atoms with Gasteiger partial charge in [0.2, 0.25) is 0 Å². The Morgan fingerprint density at radius 3 is 1.60 bits per heavy atom. The molecule has 134 valence electrons. The minimum atomic E-state index is 0.0415. The van der Waals surface area contributed by atoms with E-state index in [0.717, 1.165) is 11.4 Å². The first-order valence-corrected chi connectivity index (χ1v) is 9.09. The molecule has 0 saturated carbocycles. The Balaban J connectivity index is 2.22. The average molecular weight is 338 g/mol. The van der Waals surface area contributed by atoms with E-state index in [9.17, 15) is 0 Å². The molecular weight excluding hydrogens is 308 g/mol. The van der Waals surface area contributed by atoms with Gasteiger partial charge in [0.15, 0.2) is 0 Å². The second-order valence-electron chi connectivity index (χ2n) is 8.40. The standard InChI is InChI=1S/C21H30N4/c1-14-12-16(3)24(22-14)20(25-17(4)13-15(2)23-25)19(21(5,6)7)18-10-8-9-11-18/h8-13,18-20H,1-7H3. The number of aryl methyl sites for hydroxylation is 4. The Morgan fingerprint density at radius 2 is 1.28 bits per heavy atom. The van der Waals surface area contributed by atoms with Crippen molar-refractivity contribution in [2.45, 2.75) is 54.6 Å². The van der Waals surface area contributed by atoms with Gasteiger partial charge in [0.1, 0.15) is 6.17 Å². The molecule has 0 N–H and O–H groups in total. The molecule has 1 atom stereocenters. The second kappa shape index (κ2) is 6.32. The zero-order valence-electron chi connectivity index (χ0n) is 16.5. The SMILES string of the molecule is Cc1cc(C)n(C(C(C2C=CC=C2)C(C)(C)C)n2nc(C)cc2C)n1. The van der Waals surface area contributed by atoms with Crippen LogP contribution in [0.4, 0.5) is 0 Å². The van der Waals surface area contributed by atoms with E-state index in [1.165, 1.54) is 11.4 Å². The van der Waals surface area contributed by atoms with Gasteiger partial charge in [0.05, 0.1) is 11.4 Å². The molecule has 1 aliphatic rings. The maximum atomic E-state index is 4.85. The predicted molar refractivity (Wildman–Crippen MR) is 103 cm³/mol. The Hall–Kier alpha value is -2.10. The first-order chi connectivity index (χ1) is 11.7. The van der Waals surface area contributed by atoms with E-state index < -0.39 is 0 Å². The lowest BCUT2D eigenvalue weighted by atomic mass is 9.71. The largest absolute Gasteiger partial charge is 0.245 e. The van der Waals surface area contributed by atoms with E-state index in [4.69, 9.17) is 10.2 Å². The molecule has 2 aromatic heterocycles. The van der Waals surface area contributed by atoms with Crippen LogP contribution in [0.2, 0.25) is 0 Å². The lowest BCUT2D eigenvalue weighted by molar-refractivity contribution is 0.0952. The van der Waals surface area contributed by atoms with Gasteiger partial charge in [-0.3, -0.25) is 0 Å². The van der Waals surface area contributed by atoms with Crippen molar-refractivity contribution in [3.05, 3.63) is 59.2 Å². The molecule has 0 amide bonds. The molecule has 1 aliphatic carbocycles. The molecule has 4 heteroatoms. The van der Waals surface area contributed by atoms with Crippen molar-refractivity contribution < 1.29 is 0 Å². The lowest BCUT2D eigenvalue weighted by Gasteiger charge is -2.41. The Labute approximate surface area is 151 Å². The quantitative estimate of drug-likeness (QED) is 0.805. The summed E-state index contributed by atoms with van der Waals surface area (Å²) in [5, 5.41) is 9.70. The Kier molecular flexibility index (Phi) is 4.48. The third kappa shape index (κ3) is 3.35. The summed E-state index contributed by atoms with van der Waals surface area (Å²) in [5.41, 5.74) is 4.54. The highest BCUT2D eigenvalue weighted by Crippen LogP contribution is 2.43. The molecule has 0 radical (unpaired) electrons. The molecule has 2 heterocycles. The number of allylic oxidation sites excluding steroid dienone is 4. The summed E-state index contributed by atoms with van der Waals surface area (Å²) in [6.45, 7) is 15.4. The first-order valence-electron chi connectivity index (χ1n) is 9.09. The van der Waals surface area contributed by atoms with Gasteiger partial charge < -0.3 is 0 Å². The molecule has 0 spiro atoms. The summed E-state index contributed by atoms with van der Waals surface area (Å²) in [7, 11) is 0. The average Bonchev–Trinajstić information content (AvgIpc) is 3.17. The van der Waals surface area contributed by atoms with Crippen LogP contribution in [0.15, 0.2) is 36.4 Å². The molecule has 25 heavy (non-hydrogen) atoms. The van der Waals surface area contributed by atoms with E-state index in [2.05, 4.69) is 94.3 Å². The van der Waals surface area contributed by atoms with Crippen molar-refractivity contribution in [3.8, 4) is 0 Å².